The Kier molecular flexibility index (Phi) is 9.63. The second-order valence-corrected chi connectivity index (χ2v) is 8.58. The SMILES string of the molecule is CC.O=C(NS(=O)N1CC(SC(=O)c2ccccc2)C1)OCc1ccc([N+](=O)[O-])cc1. The Morgan fingerprint density at radius 3 is 2.35 bits per heavy atom. The summed E-state index contributed by atoms with van der Waals surface area (Å²) in [5.41, 5.74) is 1.12. The molecule has 1 fully saturated rings. The number of carbonyl (C=O) groups is 2. The van der Waals surface area contributed by atoms with E-state index in [9.17, 15) is 23.9 Å². The lowest BCUT2D eigenvalue weighted by Crippen LogP contribution is -2.53. The third kappa shape index (κ3) is 7.46. The summed E-state index contributed by atoms with van der Waals surface area (Å²) in [6.07, 6.45) is -0.863. The normalized spacial score (nSPS) is 14.4. The molecule has 1 aliphatic heterocycles. The first kappa shape index (κ1) is 24.5. The van der Waals surface area contributed by atoms with Gasteiger partial charge in [-0.3, -0.25) is 14.9 Å². The number of nitrogens with one attached hydrogen (secondary N) is 1. The molecular formula is C20H23N3O6S2. The Hall–Kier alpha value is -2.76. The molecule has 1 atom stereocenters. The molecule has 166 valence electrons. The van der Waals surface area contributed by atoms with Crippen LogP contribution in [0.4, 0.5) is 10.5 Å². The topological polar surface area (TPSA) is 119 Å². The number of nitro benzene ring substituents is 1. The van der Waals surface area contributed by atoms with Crippen molar-refractivity contribution < 1.29 is 23.5 Å². The second kappa shape index (κ2) is 12.2. The zero-order valence-electron chi connectivity index (χ0n) is 17.1. The Bertz CT molecular complexity index is 918. The molecule has 1 amide bonds. The fourth-order valence-electron chi connectivity index (χ4n) is 2.43. The number of carbonyl (C=O) groups excluding carboxylic acids is 2. The van der Waals surface area contributed by atoms with Gasteiger partial charge < -0.3 is 4.74 Å². The minimum atomic E-state index is -1.76. The minimum Gasteiger partial charge on any atom is -0.444 e. The maximum absolute atomic E-state index is 12.1. The lowest BCUT2D eigenvalue weighted by atomic mass is 10.2. The van der Waals surface area contributed by atoms with Crippen molar-refractivity contribution in [3.05, 3.63) is 75.8 Å². The van der Waals surface area contributed by atoms with Crippen LogP contribution < -0.4 is 4.72 Å². The van der Waals surface area contributed by atoms with Crippen LogP contribution in [0, 0.1) is 10.1 Å². The number of nitro groups is 1. The van der Waals surface area contributed by atoms with Crippen LogP contribution in [0.15, 0.2) is 54.6 Å². The number of nitrogens with zero attached hydrogens (tertiary/aromatic N) is 2. The van der Waals surface area contributed by atoms with Gasteiger partial charge in [0.1, 0.15) is 6.61 Å². The molecular weight excluding hydrogens is 442 g/mol. The molecule has 1 aliphatic rings. The van der Waals surface area contributed by atoms with Crippen molar-refractivity contribution in [2.45, 2.75) is 25.7 Å². The van der Waals surface area contributed by atoms with Gasteiger partial charge in [0.05, 0.1) is 4.92 Å². The van der Waals surface area contributed by atoms with Gasteiger partial charge in [-0.15, -0.1) is 0 Å². The van der Waals surface area contributed by atoms with Crippen LogP contribution in [0.1, 0.15) is 29.8 Å². The number of amides is 1. The minimum absolute atomic E-state index is 0.00425. The Balaban J connectivity index is 0.00000166. The Labute approximate surface area is 187 Å². The molecule has 0 spiro atoms. The number of ether oxygens (including phenoxy) is 1. The molecule has 1 N–H and O–H groups in total. The van der Waals surface area contributed by atoms with Gasteiger partial charge in [-0.1, -0.05) is 55.9 Å². The molecule has 1 unspecified atom stereocenters. The molecule has 0 bridgehead atoms. The Morgan fingerprint density at radius 2 is 1.77 bits per heavy atom. The largest absolute Gasteiger partial charge is 0.444 e. The zero-order valence-corrected chi connectivity index (χ0v) is 18.7. The van der Waals surface area contributed by atoms with Gasteiger partial charge in [0.2, 0.25) is 16.3 Å². The summed E-state index contributed by atoms with van der Waals surface area (Å²) in [5, 5.41) is 10.6. The van der Waals surface area contributed by atoms with Crippen molar-refractivity contribution in [3.63, 3.8) is 0 Å². The quantitative estimate of drug-likeness (QED) is 0.489. The van der Waals surface area contributed by atoms with E-state index in [0.29, 0.717) is 24.2 Å². The third-order valence-electron chi connectivity index (χ3n) is 4.02. The van der Waals surface area contributed by atoms with Crippen LogP contribution in [0.3, 0.4) is 0 Å². The molecule has 0 radical (unpaired) electrons. The predicted octanol–water partition coefficient (Wildman–Crippen LogP) is 3.68. The number of hydrogen-bond acceptors (Lipinski definition) is 7. The summed E-state index contributed by atoms with van der Waals surface area (Å²) in [6, 6.07) is 14.5. The van der Waals surface area contributed by atoms with Gasteiger partial charge in [0.25, 0.3) is 5.69 Å². The van der Waals surface area contributed by atoms with Crippen molar-refractivity contribution >= 4 is 39.8 Å². The van der Waals surface area contributed by atoms with Crippen molar-refractivity contribution in [1.82, 2.24) is 9.03 Å². The maximum Gasteiger partial charge on any atom is 0.420 e. The predicted molar refractivity (Wildman–Crippen MR) is 120 cm³/mol. The highest BCUT2D eigenvalue weighted by atomic mass is 32.2. The second-order valence-electron chi connectivity index (χ2n) is 6.09. The van der Waals surface area contributed by atoms with Gasteiger partial charge in [-0.05, 0) is 17.7 Å². The lowest BCUT2D eigenvalue weighted by Gasteiger charge is -2.36. The standard InChI is InChI=1S/C18H17N3O6S2.C2H6/c22-17(14-4-2-1-3-5-14)28-16-10-20(11-16)29(26)19-18(23)27-12-13-6-8-15(9-7-13)21(24)25;1-2/h1-9,16H,10-12H2,(H,19,23);1-2H3. The molecule has 1 saturated heterocycles. The first-order valence-electron chi connectivity index (χ1n) is 9.52. The monoisotopic (exact) mass is 465 g/mol. The molecule has 0 aromatic heterocycles. The number of benzene rings is 2. The number of thioether (sulfide) groups is 1. The van der Waals surface area contributed by atoms with E-state index in [1.165, 1.54) is 40.3 Å². The number of hydrogen-bond donors (Lipinski definition) is 1. The highest BCUT2D eigenvalue weighted by Crippen LogP contribution is 2.26. The van der Waals surface area contributed by atoms with Crippen LogP contribution >= 0.6 is 11.8 Å². The van der Waals surface area contributed by atoms with E-state index in [1.807, 2.05) is 19.9 Å². The van der Waals surface area contributed by atoms with Gasteiger partial charge in [0.15, 0.2) is 0 Å². The molecule has 0 saturated carbocycles. The van der Waals surface area contributed by atoms with Gasteiger partial charge in [-0.2, -0.15) is 0 Å². The molecule has 31 heavy (non-hydrogen) atoms. The highest BCUT2D eigenvalue weighted by molar-refractivity contribution is 8.14. The van der Waals surface area contributed by atoms with Crippen LogP contribution in [0.5, 0.6) is 0 Å². The highest BCUT2D eigenvalue weighted by Gasteiger charge is 2.34. The lowest BCUT2D eigenvalue weighted by molar-refractivity contribution is -0.384. The smallest absolute Gasteiger partial charge is 0.420 e. The third-order valence-corrected chi connectivity index (χ3v) is 6.21. The zero-order chi connectivity index (χ0) is 22.8. The van der Waals surface area contributed by atoms with E-state index in [4.69, 9.17) is 4.74 Å². The van der Waals surface area contributed by atoms with Crippen LogP contribution in [0.25, 0.3) is 0 Å². The summed E-state index contributed by atoms with van der Waals surface area (Å²) >= 11 is -0.578. The average molecular weight is 466 g/mol. The van der Waals surface area contributed by atoms with Crippen molar-refractivity contribution in [3.8, 4) is 0 Å². The van der Waals surface area contributed by atoms with E-state index >= 15 is 0 Å². The number of rotatable bonds is 7. The van der Waals surface area contributed by atoms with Crippen molar-refractivity contribution in [2.75, 3.05) is 13.1 Å². The summed E-state index contributed by atoms with van der Waals surface area (Å²) in [5.74, 6) is 0. The van der Waals surface area contributed by atoms with Crippen molar-refractivity contribution in [2.24, 2.45) is 0 Å². The maximum atomic E-state index is 12.1. The van der Waals surface area contributed by atoms with Gasteiger partial charge in [0, 0.05) is 36.0 Å². The molecule has 3 rings (SSSR count). The van der Waals surface area contributed by atoms with E-state index in [2.05, 4.69) is 4.72 Å². The van der Waals surface area contributed by atoms with E-state index in [0.717, 1.165) is 0 Å². The molecule has 2 aromatic rings. The molecule has 0 aliphatic carbocycles. The van der Waals surface area contributed by atoms with Gasteiger partial charge in [-0.25, -0.2) is 18.0 Å². The Morgan fingerprint density at radius 1 is 1.16 bits per heavy atom. The molecule has 2 aromatic carbocycles. The van der Waals surface area contributed by atoms with Crippen molar-refractivity contribution in [1.29, 1.82) is 0 Å². The summed E-state index contributed by atoms with van der Waals surface area (Å²) in [4.78, 5) is 34.0. The summed E-state index contributed by atoms with van der Waals surface area (Å²) in [7, 11) is 0. The van der Waals surface area contributed by atoms with Gasteiger partial charge >= 0.3 is 6.09 Å². The van der Waals surface area contributed by atoms with E-state index < -0.39 is 22.2 Å². The fraction of sp³-hybridized carbons (Fsp3) is 0.300. The molecule has 9 nitrogen and oxygen atoms in total. The molecule has 1 heterocycles. The first-order valence-corrected chi connectivity index (χ1v) is 11.5. The number of non-ortho nitro benzene ring substituents is 1. The van der Waals surface area contributed by atoms with E-state index in [-0.39, 0.29) is 22.7 Å². The molecule has 11 heteroatoms. The van der Waals surface area contributed by atoms with Crippen LogP contribution in [-0.2, 0) is 22.5 Å². The summed E-state index contributed by atoms with van der Waals surface area (Å²) in [6.45, 7) is 4.70. The van der Waals surface area contributed by atoms with E-state index in [1.54, 1.807) is 24.3 Å². The van der Waals surface area contributed by atoms with Crippen LogP contribution in [0.2, 0.25) is 0 Å². The summed E-state index contributed by atoms with van der Waals surface area (Å²) < 4.78 is 20.8. The average Bonchev–Trinajstić information content (AvgIpc) is 2.76. The van der Waals surface area contributed by atoms with Crippen LogP contribution in [-0.4, -0.2) is 43.0 Å². The first-order chi connectivity index (χ1) is 14.9. The fourth-order valence-corrected chi connectivity index (χ4v) is 4.67.